The molecule has 1 N–H and O–H groups in total. The Kier molecular flexibility index (Phi) is 6.31. The molecule has 5 rings (SSSR count). The third kappa shape index (κ3) is 4.61. The Morgan fingerprint density at radius 1 is 1.12 bits per heavy atom. The van der Waals surface area contributed by atoms with E-state index in [0.717, 1.165) is 68.4 Å². The number of nitrogens with zero attached hydrogens (tertiary/aromatic N) is 4. The van der Waals surface area contributed by atoms with Crippen LogP contribution >= 0.6 is 0 Å². The van der Waals surface area contributed by atoms with E-state index in [2.05, 4.69) is 49.2 Å². The minimum Gasteiger partial charge on any atom is -0.464 e. The average molecular weight is 436 g/mol. The van der Waals surface area contributed by atoms with E-state index in [-0.39, 0.29) is 12.0 Å². The highest BCUT2D eigenvalue weighted by molar-refractivity contribution is 5.80. The second-order valence-corrected chi connectivity index (χ2v) is 8.39. The summed E-state index contributed by atoms with van der Waals surface area (Å²) in [6, 6.07) is 12.3. The SMILES string of the molecule is O=C(NCCc1nnc2n1CCN(Cc1ccccc1-c1ccco1)CC2)[C@@H]1CCCO1. The molecule has 1 atom stereocenters. The highest BCUT2D eigenvalue weighted by Crippen LogP contribution is 2.25. The van der Waals surface area contributed by atoms with E-state index in [4.69, 9.17) is 9.15 Å². The smallest absolute Gasteiger partial charge is 0.249 e. The van der Waals surface area contributed by atoms with Gasteiger partial charge < -0.3 is 19.0 Å². The molecule has 8 heteroatoms. The number of aromatic nitrogens is 3. The molecule has 1 saturated heterocycles. The molecule has 0 spiro atoms. The summed E-state index contributed by atoms with van der Waals surface area (Å²) >= 11 is 0. The van der Waals surface area contributed by atoms with Gasteiger partial charge in [0.05, 0.1) is 6.26 Å². The predicted octanol–water partition coefficient (Wildman–Crippen LogP) is 2.43. The van der Waals surface area contributed by atoms with Gasteiger partial charge in [-0.25, -0.2) is 0 Å². The molecule has 0 unspecified atom stereocenters. The van der Waals surface area contributed by atoms with Crippen molar-refractivity contribution in [3.63, 3.8) is 0 Å². The van der Waals surface area contributed by atoms with Crippen LogP contribution in [0.3, 0.4) is 0 Å². The van der Waals surface area contributed by atoms with Crippen LogP contribution in [-0.4, -0.2) is 57.9 Å². The fourth-order valence-electron chi connectivity index (χ4n) is 4.54. The Morgan fingerprint density at radius 2 is 2.06 bits per heavy atom. The molecule has 2 aliphatic rings. The summed E-state index contributed by atoms with van der Waals surface area (Å²) in [4.78, 5) is 14.6. The molecule has 2 aliphatic heterocycles. The zero-order valence-corrected chi connectivity index (χ0v) is 18.2. The predicted molar refractivity (Wildman–Crippen MR) is 119 cm³/mol. The first-order valence-corrected chi connectivity index (χ1v) is 11.4. The summed E-state index contributed by atoms with van der Waals surface area (Å²) in [6.45, 7) is 4.80. The lowest BCUT2D eigenvalue weighted by Crippen LogP contribution is -2.35. The van der Waals surface area contributed by atoms with Crippen LogP contribution in [0.25, 0.3) is 11.3 Å². The number of hydrogen-bond acceptors (Lipinski definition) is 6. The zero-order valence-electron chi connectivity index (χ0n) is 18.2. The fraction of sp³-hybridized carbons (Fsp3) is 0.458. The molecule has 1 aromatic carbocycles. The summed E-state index contributed by atoms with van der Waals surface area (Å²) in [6.07, 6.45) is 4.73. The van der Waals surface area contributed by atoms with Crippen molar-refractivity contribution in [2.24, 2.45) is 0 Å². The quantitative estimate of drug-likeness (QED) is 0.614. The van der Waals surface area contributed by atoms with E-state index in [9.17, 15) is 4.79 Å². The van der Waals surface area contributed by atoms with Gasteiger partial charge in [0, 0.05) is 57.7 Å². The first kappa shape index (κ1) is 20.9. The minimum atomic E-state index is -0.289. The summed E-state index contributed by atoms with van der Waals surface area (Å²) < 4.78 is 13.3. The van der Waals surface area contributed by atoms with Crippen LogP contribution in [0, 0.1) is 0 Å². The molecule has 1 amide bonds. The van der Waals surface area contributed by atoms with Crippen LogP contribution in [0.1, 0.15) is 30.1 Å². The maximum atomic E-state index is 12.2. The summed E-state index contributed by atoms with van der Waals surface area (Å²) in [7, 11) is 0. The van der Waals surface area contributed by atoms with Crippen molar-refractivity contribution in [3.05, 3.63) is 59.9 Å². The molecule has 8 nitrogen and oxygen atoms in total. The van der Waals surface area contributed by atoms with Crippen molar-refractivity contribution >= 4 is 5.91 Å². The van der Waals surface area contributed by atoms with E-state index < -0.39 is 0 Å². The van der Waals surface area contributed by atoms with Gasteiger partial charge in [-0.3, -0.25) is 9.69 Å². The number of carbonyl (C=O) groups excluding carboxylic acids is 1. The monoisotopic (exact) mass is 435 g/mol. The molecular weight excluding hydrogens is 406 g/mol. The number of fused-ring (bicyclic) bond motifs is 1. The normalized spacial score (nSPS) is 18.9. The highest BCUT2D eigenvalue weighted by atomic mass is 16.5. The standard InChI is InChI=1S/C24H29N5O3/c30-24(21-8-4-16-32-21)25-11-9-22-26-27-23-10-12-28(13-14-29(22)23)17-18-5-1-2-6-19(18)20-7-3-15-31-20/h1-3,5-7,15,21H,4,8-14,16-17H2,(H,25,30)/t21-/m0/s1. The van der Waals surface area contributed by atoms with Crippen molar-refractivity contribution in [3.8, 4) is 11.3 Å². The number of rotatable bonds is 7. The Bertz CT molecular complexity index is 1040. The molecule has 2 aromatic heterocycles. The number of benzene rings is 1. The van der Waals surface area contributed by atoms with Crippen LogP contribution < -0.4 is 5.32 Å². The fourth-order valence-corrected chi connectivity index (χ4v) is 4.54. The van der Waals surface area contributed by atoms with Crippen LogP contribution in [-0.2, 0) is 35.5 Å². The lowest BCUT2D eigenvalue weighted by Gasteiger charge is -2.21. The van der Waals surface area contributed by atoms with Gasteiger partial charge in [-0.2, -0.15) is 0 Å². The second kappa shape index (κ2) is 9.67. The van der Waals surface area contributed by atoms with E-state index in [1.54, 1.807) is 6.26 Å². The summed E-state index contributed by atoms with van der Waals surface area (Å²) in [5.74, 6) is 2.84. The first-order chi connectivity index (χ1) is 15.8. The molecule has 0 bridgehead atoms. The molecule has 0 saturated carbocycles. The van der Waals surface area contributed by atoms with Crippen molar-refractivity contribution in [1.29, 1.82) is 0 Å². The number of ether oxygens (including phenoxy) is 1. The molecule has 1 fully saturated rings. The van der Waals surface area contributed by atoms with Crippen molar-refractivity contribution in [1.82, 2.24) is 25.0 Å². The second-order valence-electron chi connectivity index (χ2n) is 8.39. The maximum Gasteiger partial charge on any atom is 0.249 e. The van der Waals surface area contributed by atoms with Crippen molar-refractivity contribution < 1.29 is 13.9 Å². The number of nitrogens with one attached hydrogen (secondary N) is 1. The molecule has 168 valence electrons. The lowest BCUT2D eigenvalue weighted by molar-refractivity contribution is -0.130. The molecular formula is C24H29N5O3. The van der Waals surface area contributed by atoms with Gasteiger partial charge >= 0.3 is 0 Å². The van der Waals surface area contributed by atoms with Gasteiger partial charge in [0.25, 0.3) is 0 Å². The topological polar surface area (TPSA) is 85.4 Å². The maximum absolute atomic E-state index is 12.2. The van der Waals surface area contributed by atoms with Crippen LogP contribution in [0.15, 0.2) is 47.1 Å². The van der Waals surface area contributed by atoms with E-state index >= 15 is 0 Å². The van der Waals surface area contributed by atoms with Gasteiger partial charge in [-0.1, -0.05) is 24.3 Å². The van der Waals surface area contributed by atoms with E-state index in [0.29, 0.717) is 19.6 Å². The zero-order chi connectivity index (χ0) is 21.8. The first-order valence-electron chi connectivity index (χ1n) is 11.4. The molecule has 0 radical (unpaired) electrons. The van der Waals surface area contributed by atoms with E-state index in [1.807, 2.05) is 12.1 Å². The number of hydrogen-bond donors (Lipinski definition) is 1. The van der Waals surface area contributed by atoms with Crippen LogP contribution in [0.4, 0.5) is 0 Å². The molecule has 4 heterocycles. The number of carbonyl (C=O) groups is 1. The number of furan rings is 1. The molecule has 32 heavy (non-hydrogen) atoms. The van der Waals surface area contributed by atoms with Gasteiger partial charge in [0.2, 0.25) is 5.91 Å². The summed E-state index contributed by atoms with van der Waals surface area (Å²) in [5, 5.41) is 11.8. The molecule has 3 aromatic rings. The summed E-state index contributed by atoms with van der Waals surface area (Å²) in [5.41, 5.74) is 2.40. The average Bonchev–Trinajstić information content (AvgIpc) is 3.57. The van der Waals surface area contributed by atoms with Gasteiger partial charge in [0.1, 0.15) is 23.5 Å². The van der Waals surface area contributed by atoms with Gasteiger partial charge in [0.15, 0.2) is 0 Å². The van der Waals surface area contributed by atoms with Gasteiger partial charge in [-0.05, 0) is 30.5 Å². The Balaban J connectivity index is 1.18. The van der Waals surface area contributed by atoms with E-state index in [1.165, 1.54) is 5.56 Å². The Labute approximate surface area is 187 Å². The Morgan fingerprint density at radius 3 is 2.91 bits per heavy atom. The number of amides is 1. The van der Waals surface area contributed by atoms with Crippen molar-refractivity contribution in [2.45, 2.75) is 44.9 Å². The van der Waals surface area contributed by atoms with Gasteiger partial charge in [-0.15, -0.1) is 10.2 Å². The lowest BCUT2D eigenvalue weighted by atomic mass is 10.0. The minimum absolute atomic E-state index is 0.0143. The Hall–Kier alpha value is -2.97. The largest absolute Gasteiger partial charge is 0.464 e. The third-order valence-electron chi connectivity index (χ3n) is 6.26. The van der Waals surface area contributed by atoms with Crippen LogP contribution in [0.2, 0.25) is 0 Å². The van der Waals surface area contributed by atoms with Crippen LogP contribution in [0.5, 0.6) is 0 Å². The van der Waals surface area contributed by atoms with Crippen molar-refractivity contribution in [2.75, 3.05) is 26.2 Å². The molecule has 0 aliphatic carbocycles. The third-order valence-corrected chi connectivity index (χ3v) is 6.26. The highest BCUT2D eigenvalue weighted by Gasteiger charge is 2.24.